The van der Waals surface area contributed by atoms with E-state index in [1.54, 1.807) is 0 Å². The SMILES string of the molecule is C=C1C(N(C)/C(=C/C)C2C=C[C@H]2C)=CC=C[C@H]1C. The molecular weight excluding hydrogens is 218 g/mol. The van der Waals surface area contributed by atoms with Crippen LogP contribution in [0.4, 0.5) is 0 Å². The van der Waals surface area contributed by atoms with Crippen LogP contribution in [0, 0.1) is 17.8 Å². The van der Waals surface area contributed by atoms with Crippen LogP contribution in [0.2, 0.25) is 0 Å². The molecule has 0 N–H and O–H groups in total. The normalized spacial score (nSPS) is 31.1. The highest BCUT2D eigenvalue weighted by Gasteiger charge is 2.28. The van der Waals surface area contributed by atoms with Crippen molar-refractivity contribution in [1.29, 1.82) is 0 Å². The molecule has 0 bridgehead atoms. The minimum absolute atomic E-state index is 0.430. The second-order valence-electron chi connectivity index (χ2n) is 5.29. The summed E-state index contributed by atoms with van der Waals surface area (Å²) in [5, 5.41) is 0. The first-order valence-electron chi connectivity index (χ1n) is 6.72. The molecule has 0 spiro atoms. The number of rotatable bonds is 3. The molecule has 1 unspecified atom stereocenters. The molecular formula is C17H23N. The van der Waals surface area contributed by atoms with E-state index in [9.17, 15) is 0 Å². The Bertz CT molecular complexity index is 462. The van der Waals surface area contributed by atoms with Gasteiger partial charge in [0.05, 0.1) is 0 Å². The van der Waals surface area contributed by atoms with E-state index in [1.165, 1.54) is 17.0 Å². The third kappa shape index (κ3) is 2.10. The van der Waals surface area contributed by atoms with E-state index in [-0.39, 0.29) is 0 Å². The van der Waals surface area contributed by atoms with Crippen LogP contribution in [0.1, 0.15) is 20.8 Å². The van der Waals surface area contributed by atoms with Gasteiger partial charge in [-0.3, -0.25) is 0 Å². The Labute approximate surface area is 111 Å². The van der Waals surface area contributed by atoms with Gasteiger partial charge in [-0.15, -0.1) is 0 Å². The van der Waals surface area contributed by atoms with Crippen LogP contribution in [0.25, 0.3) is 0 Å². The second-order valence-corrected chi connectivity index (χ2v) is 5.29. The van der Waals surface area contributed by atoms with E-state index in [4.69, 9.17) is 0 Å². The van der Waals surface area contributed by atoms with Crippen molar-refractivity contribution in [3.05, 3.63) is 60.0 Å². The van der Waals surface area contributed by atoms with Gasteiger partial charge in [0.15, 0.2) is 0 Å². The Morgan fingerprint density at radius 1 is 1.28 bits per heavy atom. The summed E-state index contributed by atoms with van der Waals surface area (Å²) >= 11 is 0. The van der Waals surface area contributed by atoms with E-state index in [2.05, 4.69) is 75.8 Å². The lowest BCUT2D eigenvalue weighted by molar-refractivity contribution is 0.393. The highest BCUT2D eigenvalue weighted by atomic mass is 15.1. The Balaban J connectivity index is 2.23. The Hall–Kier alpha value is -1.50. The molecule has 96 valence electrons. The van der Waals surface area contributed by atoms with Crippen molar-refractivity contribution in [3.8, 4) is 0 Å². The number of nitrogens with zero attached hydrogens (tertiary/aromatic N) is 1. The minimum atomic E-state index is 0.430. The Morgan fingerprint density at radius 3 is 2.50 bits per heavy atom. The van der Waals surface area contributed by atoms with Crippen molar-refractivity contribution < 1.29 is 0 Å². The largest absolute Gasteiger partial charge is 0.348 e. The number of allylic oxidation sites excluding steroid dienone is 7. The second kappa shape index (κ2) is 5.01. The lowest BCUT2D eigenvalue weighted by Gasteiger charge is -2.37. The predicted octanol–water partition coefficient (Wildman–Crippen LogP) is 4.29. The third-order valence-electron chi connectivity index (χ3n) is 4.11. The highest BCUT2D eigenvalue weighted by Crippen LogP contribution is 2.36. The number of likely N-dealkylation sites (N-methyl/N-ethyl adjacent to an activating group) is 1. The van der Waals surface area contributed by atoms with Crippen molar-refractivity contribution in [2.45, 2.75) is 20.8 Å². The molecule has 0 heterocycles. The summed E-state index contributed by atoms with van der Waals surface area (Å²) in [6.45, 7) is 10.8. The molecule has 0 radical (unpaired) electrons. The summed E-state index contributed by atoms with van der Waals surface area (Å²) in [5.41, 5.74) is 3.82. The van der Waals surface area contributed by atoms with Crippen molar-refractivity contribution >= 4 is 0 Å². The average Bonchev–Trinajstić information content (AvgIpc) is 2.36. The fourth-order valence-electron chi connectivity index (χ4n) is 2.66. The summed E-state index contributed by atoms with van der Waals surface area (Å²) in [4.78, 5) is 2.30. The lowest BCUT2D eigenvalue weighted by Crippen LogP contribution is -2.30. The quantitative estimate of drug-likeness (QED) is 0.666. The molecule has 0 fully saturated rings. The molecule has 0 saturated carbocycles. The summed E-state index contributed by atoms with van der Waals surface area (Å²) in [6.07, 6.45) is 13.3. The van der Waals surface area contributed by atoms with Gasteiger partial charge < -0.3 is 4.90 Å². The van der Waals surface area contributed by atoms with E-state index >= 15 is 0 Å². The maximum absolute atomic E-state index is 4.23. The standard InChI is InChI=1S/C17H23N/c1-6-16(15-11-10-13(15)3)18(5)17-9-7-8-12(2)14(17)4/h6-13,15H,4H2,1-3,5H3/b16-6+/t12-,13-,15?/m1/s1. The monoisotopic (exact) mass is 241 g/mol. The molecule has 18 heavy (non-hydrogen) atoms. The van der Waals surface area contributed by atoms with Gasteiger partial charge in [0.1, 0.15) is 0 Å². The van der Waals surface area contributed by atoms with Gasteiger partial charge in [-0.05, 0) is 24.5 Å². The zero-order chi connectivity index (χ0) is 13.3. The maximum atomic E-state index is 4.23. The van der Waals surface area contributed by atoms with E-state index in [0.29, 0.717) is 17.8 Å². The summed E-state index contributed by atoms with van der Waals surface area (Å²) in [7, 11) is 2.15. The van der Waals surface area contributed by atoms with Crippen molar-refractivity contribution in [1.82, 2.24) is 4.90 Å². The molecule has 0 saturated heterocycles. The summed E-state index contributed by atoms with van der Waals surface area (Å²) in [6, 6.07) is 0. The van der Waals surface area contributed by atoms with E-state index in [1.807, 2.05) is 0 Å². The Morgan fingerprint density at radius 2 is 2.00 bits per heavy atom. The molecule has 2 rings (SSSR count). The van der Waals surface area contributed by atoms with Crippen LogP contribution in [0.15, 0.2) is 60.0 Å². The topological polar surface area (TPSA) is 3.24 Å². The van der Waals surface area contributed by atoms with E-state index < -0.39 is 0 Å². The van der Waals surface area contributed by atoms with Gasteiger partial charge in [0.2, 0.25) is 0 Å². The number of hydrogen-bond donors (Lipinski definition) is 0. The first-order valence-corrected chi connectivity index (χ1v) is 6.72. The fraction of sp³-hybridized carbons (Fsp3) is 0.412. The molecule has 2 aliphatic rings. The fourth-order valence-corrected chi connectivity index (χ4v) is 2.66. The molecule has 0 aromatic rings. The van der Waals surface area contributed by atoms with Crippen LogP contribution in [0.3, 0.4) is 0 Å². The molecule has 1 heteroatoms. The van der Waals surface area contributed by atoms with Crippen LogP contribution in [-0.2, 0) is 0 Å². The average molecular weight is 241 g/mol. The van der Waals surface area contributed by atoms with Crippen LogP contribution < -0.4 is 0 Å². The molecule has 3 atom stereocenters. The molecule has 0 aromatic carbocycles. The van der Waals surface area contributed by atoms with Gasteiger partial charge in [0, 0.05) is 30.3 Å². The lowest BCUT2D eigenvalue weighted by atomic mass is 9.80. The van der Waals surface area contributed by atoms with Crippen LogP contribution in [0.5, 0.6) is 0 Å². The minimum Gasteiger partial charge on any atom is -0.348 e. The predicted molar refractivity (Wildman–Crippen MR) is 78.8 cm³/mol. The highest BCUT2D eigenvalue weighted by molar-refractivity contribution is 5.41. The van der Waals surface area contributed by atoms with Gasteiger partial charge in [0.25, 0.3) is 0 Å². The van der Waals surface area contributed by atoms with Gasteiger partial charge in [-0.1, -0.05) is 50.8 Å². The number of hydrogen-bond acceptors (Lipinski definition) is 1. The molecule has 0 amide bonds. The van der Waals surface area contributed by atoms with Crippen molar-refractivity contribution in [3.63, 3.8) is 0 Å². The summed E-state index contributed by atoms with van der Waals surface area (Å²) < 4.78 is 0. The molecule has 0 aliphatic heterocycles. The zero-order valence-electron chi connectivity index (χ0n) is 11.9. The van der Waals surface area contributed by atoms with Crippen LogP contribution in [-0.4, -0.2) is 11.9 Å². The summed E-state index contributed by atoms with van der Waals surface area (Å²) in [5.74, 6) is 1.62. The van der Waals surface area contributed by atoms with Gasteiger partial charge in [-0.25, -0.2) is 0 Å². The Kier molecular flexibility index (Phi) is 3.60. The van der Waals surface area contributed by atoms with Crippen molar-refractivity contribution in [2.75, 3.05) is 7.05 Å². The first kappa shape index (κ1) is 12.9. The van der Waals surface area contributed by atoms with Crippen molar-refractivity contribution in [2.24, 2.45) is 17.8 Å². The zero-order valence-corrected chi connectivity index (χ0v) is 11.9. The third-order valence-corrected chi connectivity index (χ3v) is 4.11. The molecule has 2 aliphatic carbocycles. The van der Waals surface area contributed by atoms with E-state index in [0.717, 1.165) is 0 Å². The molecule has 1 nitrogen and oxygen atoms in total. The first-order chi connectivity index (χ1) is 8.56. The van der Waals surface area contributed by atoms with Gasteiger partial charge >= 0.3 is 0 Å². The van der Waals surface area contributed by atoms with Crippen LogP contribution >= 0.6 is 0 Å². The smallest absolute Gasteiger partial charge is 0.0438 e. The van der Waals surface area contributed by atoms with Gasteiger partial charge in [-0.2, -0.15) is 0 Å². The maximum Gasteiger partial charge on any atom is 0.0438 e. The molecule has 0 aromatic heterocycles.